The number of carbonyl (C=O) groups is 3. The van der Waals surface area contributed by atoms with E-state index in [-0.39, 0.29) is 42.5 Å². The van der Waals surface area contributed by atoms with Gasteiger partial charge in [0, 0.05) is 13.0 Å². The summed E-state index contributed by atoms with van der Waals surface area (Å²) in [5, 5.41) is 18.4. The van der Waals surface area contributed by atoms with Gasteiger partial charge in [0.15, 0.2) is 0 Å². The Morgan fingerprint density at radius 1 is 0.969 bits per heavy atom. The van der Waals surface area contributed by atoms with E-state index in [0.717, 1.165) is 17.7 Å². The first-order valence-corrected chi connectivity index (χ1v) is 9.40. The fraction of sp³-hybridized carbons (Fsp3) is 0.286. The number of rotatable bonds is 8. The number of aliphatic carboxylic acids is 1. The van der Waals surface area contributed by atoms with Crippen LogP contribution in [0.25, 0.3) is 0 Å². The van der Waals surface area contributed by atoms with Gasteiger partial charge in [0.05, 0.1) is 17.6 Å². The molecule has 2 aromatic rings. The molecule has 1 saturated heterocycles. The minimum atomic E-state index is -4.45. The van der Waals surface area contributed by atoms with E-state index >= 15 is 0 Å². The van der Waals surface area contributed by atoms with Gasteiger partial charge in [-0.1, -0.05) is 42.5 Å². The summed E-state index contributed by atoms with van der Waals surface area (Å²) < 4.78 is 38.0. The number of amides is 2. The first kappa shape index (κ1) is 25.9. The van der Waals surface area contributed by atoms with Gasteiger partial charge in [-0.3, -0.25) is 14.9 Å². The molecular formula is C21H19F3N3NaO4. The van der Waals surface area contributed by atoms with Gasteiger partial charge in [0.25, 0.3) is 0 Å². The molecule has 1 aliphatic rings. The zero-order valence-electron chi connectivity index (χ0n) is 17.1. The molecule has 3 atom stereocenters. The number of hydrogen-bond acceptors (Lipinski definition) is 5. The third kappa shape index (κ3) is 7.06. The van der Waals surface area contributed by atoms with E-state index in [0.29, 0.717) is 5.56 Å². The molecule has 3 rings (SSSR count). The van der Waals surface area contributed by atoms with E-state index in [1.807, 2.05) is 0 Å². The van der Waals surface area contributed by atoms with E-state index in [2.05, 4.69) is 16.0 Å². The van der Waals surface area contributed by atoms with Gasteiger partial charge in [-0.25, -0.2) is 0 Å². The fourth-order valence-corrected chi connectivity index (χ4v) is 3.01. The van der Waals surface area contributed by atoms with Gasteiger partial charge in [-0.05, 0) is 23.3 Å². The number of alkyl halides is 3. The van der Waals surface area contributed by atoms with E-state index < -0.39 is 47.6 Å². The van der Waals surface area contributed by atoms with Gasteiger partial charge in [-0.2, -0.15) is 13.2 Å². The number of nitrogens with one attached hydrogen (secondary N) is 3. The number of carboxylic acid groups (broad SMARTS) is 1. The molecule has 1 fully saturated rings. The summed E-state index contributed by atoms with van der Waals surface area (Å²) in [4.78, 5) is 35.8. The molecule has 2 aromatic carbocycles. The van der Waals surface area contributed by atoms with Crippen LogP contribution >= 0.6 is 0 Å². The fourth-order valence-electron chi connectivity index (χ4n) is 3.01. The maximum absolute atomic E-state index is 12.7. The number of benzene rings is 2. The topological polar surface area (TPSA) is 120 Å². The quantitative estimate of drug-likeness (QED) is 0.291. The van der Waals surface area contributed by atoms with E-state index in [9.17, 15) is 32.7 Å². The maximum atomic E-state index is 12.7. The Kier molecular flexibility index (Phi) is 8.85. The zero-order valence-corrected chi connectivity index (χ0v) is 19.1. The third-order valence-electron chi connectivity index (χ3n) is 4.78. The average Bonchev–Trinajstić information content (AvgIpc) is 3.53. The largest absolute Gasteiger partial charge is 1.00 e. The van der Waals surface area contributed by atoms with Crippen molar-refractivity contribution in [2.24, 2.45) is 0 Å². The molecule has 0 spiro atoms. The molecule has 1 heterocycles. The number of carbonyl (C=O) groups excluding carboxylic acids is 3. The van der Waals surface area contributed by atoms with Crippen molar-refractivity contribution in [1.29, 1.82) is 0 Å². The number of carboxylic acids is 1. The Morgan fingerprint density at radius 2 is 1.59 bits per heavy atom. The molecule has 32 heavy (non-hydrogen) atoms. The van der Waals surface area contributed by atoms with Crippen LogP contribution < -0.4 is 50.6 Å². The van der Waals surface area contributed by atoms with Crippen molar-refractivity contribution >= 4 is 17.8 Å². The predicted octanol–water partition coefficient (Wildman–Crippen LogP) is -2.86. The summed E-state index contributed by atoms with van der Waals surface area (Å²) in [5.74, 6) is -2.62. The molecule has 7 nitrogen and oxygen atoms in total. The van der Waals surface area contributed by atoms with Gasteiger partial charge in [0.1, 0.15) is 12.1 Å². The standard InChI is InChI=1S/C21H20F3N3O4.Na/c22-21(23,24)14-8-6-13(7-9-14)11-25-18(28)15(10-12-4-2-1-3-5-12)26-19(29)16-17(27-16)20(30)31;/h1-9,15-17,27H,10-11H2,(H,25,28)(H,26,29)(H,30,31);/q;+1/p-1/t15-,16-,17-;/m0./s1. The summed E-state index contributed by atoms with van der Waals surface area (Å²) in [6.45, 7) is -0.0402. The zero-order chi connectivity index (χ0) is 22.6. The average molecular weight is 457 g/mol. The molecule has 2 amide bonds. The molecule has 0 aromatic heterocycles. The third-order valence-corrected chi connectivity index (χ3v) is 4.78. The van der Waals surface area contributed by atoms with Crippen molar-refractivity contribution in [2.75, 3.05) is 0 Å². The van der Waals surface area contributed by atoms with Crippen LogP contribution in [0.4, 0.5) is 13.2 Å². The molecule has 3 N–H and O–H groups in total. The van der Waals surface area contributed by atoms with Crippen LogP contribution in [-0.2, 0) is 33.5 Å². The van der Waals surface area contributed by atoms with Crippen molar-refractivity contribution in [3.05, 3.63) is 71.3 Å². The Morgan fingerprint density at radius 3 is 2.12 bits per heavy atom. The monoisotopic (exact) mass is 457 g/mol. The SMILES string of the molecule is O=C(NCc1ccc(C(F)(F)F)cc1)[C@H](Cc1ccccc1)NC(=O)[C@H]1N[C@@H]1C(=O)[O-].[Na+]. The Balaban J connectivity index is 0.00000363. The number of halogens is 3. The van der Waals surface area contributed by atoms with Crippen LogP contribution in [0.3, 0.4) is 0 Å². The summed E-state index contributed by atoms with van der Waals surface area (Å²) in [6.07, 6.45) is -4.30. The normalized spacial score (nSPS) is 18.1. The second-order valence-electron chi connectivity index (χ2n) is 7.10. The van der Waals surface area contributed by atoms with Crippen molar-refractivity contribution in [3.63, 3.8) is 0 Å². The van der Waals surface area contributed by atoms with Crippen LogP contribution in [0.5, 0.6) is 0 Å². The molecule has 0 saturated carbocycles. The molecule has 11 heteroatoms. The van der Waals surface area contributed by atoms with Crippen molar-refractivity contribution < 1.29 is 62.2 Å². The van der Waals surface area contributed by atoms with Crippen LogP contribution in [-0.4, -0.2) is 35.9 Å². The van der Waals surface area contributed by atoms with Crippen molar-refractivity contribution in [1.82, 2.24) is 16.0 Å². The van der Waals surface area contributed by atoms with Gasteiger partial charge in [-0.15, -0.1) is 0 Å². The second kappa shape index (κ2) is 11.0. The Labute approximate surface area is 204 Å². The molecule has 1 aliphatic heterocycles. The van der Waals surface area contributed by atoms with Crippen molar-refractivity contribution in [2.45, 2.75) is 37.3 Å². The molecule has 164 valence electrons. The molecule has 0 radical (unpaired) electrons. The van der Waals surface area contributed by atoms with Gasteiger partial charge >= 0.3 is 35.7 Å². The van der Waals surface area contributed by atoms with Gasteiger partial charge < -0.3 is 20.5 Å². The Hall–Kier alpha value is -2.40. The summed E-state index contributed by atoms with van der Waals surface area (Å²) in [6, 6.07) is 10.1. The molecule has 0 aliphatic carbocycles. The summed E-state index contributed by atoms with van der Waals surface area (Å²) in [5.41, 5.74) is 0.418. The van der Waals surface area contributed by atoms with E-state index in [1.165, 1.54) is 12.1 Å². The second-order valence-corrected chi connectivity index (χ2v) is 7.10. The minimum absolute atomic E-state index is 0. The van der Waals surface area contributed by atoms with Crippen LogP contribution in [0, 0.1) is 0 Å². The number of hydrogen-bond donors (Lipinski definition) is 3. The predicted molar refractivity (Wildman–Crippen MR) is 101 cm³/mol. The maximum Gasteiger partial charge on any atom is 1.00 e. The smallest absolute Gasteiger partial charge is 0.548 e. The van der Waals surface area contributed by atoms with Crippen LogP contribution in [0.15, 0.2) is 54.6 Å². The Bertz CT molecular complexity index is 955. The van der Waals surface area contributed by atoms with Crippen LogP contribution in [0.2, 0.25) is 0 Å². The van der Waals surface area contributed by atoms with Gasteiger partial charge in [0.2, 0.25) is 11.8 Å². The van der Waals surface area contributed by atoms with Crippen molar-refractivity contribution in [3.8, 4) is 0 Å². The summed E-state index contributed by atoms with van der Waals surface area (Å²) >= 11 is 0. The van der Waals surface area contributed by atoms with E-state index in [4.69, 9.17) is 0 Å². The van der Waals surface area contributed by atoms with E-state index in [1.54, 1.807) is 30.3 Å². The molecule has 0 bridgehead atoms. The van der Waals surface area contributed by atoms with Crippen LogP contribution in [0.1, 0.15) is 16.7 Å². The molecular weight excluding hydrogens is 438 g/mol. The first-order chi connectivity index (χ1) is 14.6. The summed E-state index contributed by atoms with van der Waals surface area (Å²) in [7, 11) is 0. The first-order valence-electron chi connectivity index (χ1n) is 9.40. The minimum Gasteiger partial charge on any atom is -0.548 e. The molecule has 0 unspecified atom stereocenters.